The fourth-order valence-electron chi connectivity index (χ4n) is 2.86. The van der Waals surface area contributed by atoms with Crippen LogP contribution in [-0.2, 0) is 14.3 Å². The number of hydrogen-bond acceptors (Lipinski definition) is 5. The number of halogens is 2. The molecule has 0 spiro atoms. The fourth-order valence-corrected chi connectivity index (χ4v) is 3.25. The Balaban J connectivity index is 1.78. The number of carbonyl (C=O) groups is 3. The molecule has 0 atom stereocenters. The van der Waals surface area contributed by atoms with Gasteiger partial charge in [0.05, 0.1) is 17.9 Å². The molecule has 6 nitrogen and oxygen atoms in total. The summed E-state index contributed by atoms with van der Waals surface area (Å²) >= 11 is 12.3. The van der Waals surface area contributed by atoms with E-state index >= 15 is 0 Å². The lowest BCUT2D eigenvalue weighted by atomic mass is 10.2. The van der Waals surface area contributed by atoms with E-state index in [-0.39, 0.29) is 10.7 Å². The molecule has 0 radical (unpaired) electrons. The Morgan fingerprint density at radius 1 is 1.07 bits per heavy atom. The van der Waals surface area contributed by atoms with Crippen LogP contribution in [0.4, 0.5) is 11.4 Å². The third-order valence-electron chi connectivity index (χ3n) is 4.65. The largest absolute Gasteiger partial charge is 0.462 e. The van der Waals surface area contributed by atoms with Crippen LogP contribution in [0.5, 0.6) is 0 Å². The number of nitrogens with one attached hydrogen (secondary N) is 1. The maximum Gasteiger partial charge on any atom is 0.338 e. The molecule has 1 heterocycles. The number of hydrogen-bond donors (Lipinski definition) is 1. The van der Waals surface area contributed by atoms with Crippen LogP contribution in [0.15, 0.2) is 53.2 Å². The zero-order chi connectivity index (χ0) is 21.8. The molecule has 2 aromatic carbocycles. The highest BCUT2D eigenvalue weighted by Crippen LogP contribution is 2.32. The molecule has 156 valence electrons. The lowest BCUT2D eigenvalue weighted by Gasteiger charge is -2.16. The van der Waals surface area contributed by atoms with Crippen molar-refractivity contribution >= 4 is 52.4 Å². The van der Waals surface area contributed by atoms with Crippen molar-refractivity contribution in [2.24, 2.45) is 0 Å². The van der Waals surface area contributed by atoms with Gasteiger partial charge in [-0.25, -0.2) is 9.69 Å². The monoisotopic (exact) mass is 446 g/mol. The minimum Gasteiger partial charge on any atom is -0.462 e. The van der Waals surface area contributed by atoms with Crippen molar-refractivity contribution < 1.29 is 19.1 Å². The summed E-state index contributed by atoms with van der Waals surface area (Å²) in [5.74, 6) is -1.70. The highest BCUT2D eigenvalue weighted by Gasteiger charge is 2.39. The zero-order valence-corrected chi connectivity index (χ0v) is 18.0. The van der Waals surface area contributed by atoms with E-state index in [0.717, 1.165) is 23.3 Å². The molecular weight excluding hydrogens is 427 g/mol. The first-order chi connectivity index (χ1) is 14.3. The lowest BCUT2D eigenvalue weighted by Crippen LogP contribution is -2.32. The molecule has 0 saturated carbocycles. The van der Waals surface area contributed by atoms with Crippen LogP contribution >= 0.6 is 23.2 Å². The van der Waals surface area contributed by atoms with E-state index < -0.39 is 17.8 Å². The minimum atomic E-state index is -0.651. The van der Waals surface area contributed by atoms with Crippen molar-refractivity contribution in [1.82, 2.24) is 0 Å². The number of esters is 1. The summed E-state index contributed by atoms with van der Waals surface area (Å²) in [5, 5.41) is 3.22. The predicted octanol–water partition coefficient (Wildman–Crippen LogP) is 5.04. The Kier molecular flexibility index (Phi) is 6.80. The van der Waals surface area contributed by atoms with E-state index in [4.69, 9.17) is 27.9 Å². The third-order valence-corrected chi connectivity index (χ3v) is 5.41. The van der Waals surface area contributed by atoms with Crippen LogP contribution in [-0.4, -0.2) is 24.4 Å². The van der Waals surface area contributed by atoms with E-state index in [1.807, 2.05) is 6.92 Å². The summed E-state index contributed by atoms with van der Waals surface area (Å²) in [6, 6.07) is 11.2. The molecule has 8 heteroatoms. The smallest absolute Gasteiger partial charge is 0.338 e. The van der Waals surface area contributed by atoms with Gasteiger partial charge in [0.2, 0.25) is 0 Å². The Labute approximate surface area is 184 Å². The van der Waals surface area contributed by atoms with Gasteiger partial charge in [-0.05, 0) is 55.3 Å². The fraction of sp³-hybridized carbons (Fsp3) is 0.227. The number of anilines is 2. The van der Waals surface area contributed by atoms with Gasteiger partial charge < -0.3 is 10.1 Å². The van der Waals surface area contributed by atoms with Crippen molar-refractivity contribution in [2.45, 2.75) is 26.7 Å². The van der Waals surface area contributed by atoms with Gasteiger partial charge in [-0.15, -0.1) is 0 Å². The molecule has 0 saturated heterocycles. The molecule has 0 aliphatic carbocycles. The molecule has 3 rings (SSSR count). The highest BCUT2D eigenvalue weighted by atomic mass is 35.5. The zero-order valence-electron chi connectivity index (χ0n) is 16.5. The second-order valence-electron chi connectivity index (χ2n) is 6.71. The Morgan fingerprint density at radius 3 is 2.43 bits per heavy atom. The van der Waals surface area contributed by atoms with E-state index in [1.165, 1.54) is 24.3 Å². The number of nitrogens with zero attached hydrogens (tertiary/aromatic N) is 1. The summed E-state index contributed by atoms with van der Waals surface area (Å²) in [4.78, 5) is 38.5. The predicted molar refractivity (Wildman–Crippen MR) is 117 cm³/mol. The molecule has 30 heavy (non-hydrogen) atoms. The topological polar surface area (TPSA) is 75.7 Å². The Hall–Kier alpha value is -2.83. The van der Waals surface area contributed by atoms with Crippen molar-refractivity contribution in [3.63, 3.8) is 0 Å². The number of amides is 2. The third kappa shape index (κ3) is 4.35. The van der Waals surface area contributed by atoms with Crippen molar-refractivity contribution in [3.05, 3.63) is 69.3 Å². The van der Waals surface area contributed by atoms with Crippen LogP contribution in [0.3, 0.4) is 0 Å². The molecule has 0 fully saturated rings. The maximum absolute atomic E-state index is 12.9. The second kappa shape index (κ2) is 9.32. The summed E-state index contributed by atoms with van der Waals surface area (Å²) in [6.45, 7) is 4.14. The van der Waals surface area contributed by atoms with Crippen molar-refractivity contribution in [2.75, 3.05) is 16.8 Å². The number of rotatable bonds is 7. The number of benzene rings is 2. The van der Waals surface area contributed by atoms with Crippen LogP contribution < -0.4 is 10.2 Å². The second-order valence-corrected chi connectivity index (χ2v) is 7.49. The Morgan fingerprint density at radius 2 is 1.77 bits per heavy atom. The molecule has 0 aromatic heterocycles. The van der Waals surface area contributed by atoms with Gasteiger partial charge in [0, 0.05) is 10.7 Å². The van der Waals surface area contributed by atoms with Gasteiger partial charge in [-0.1, -0.05) is 42.6 Å². The highest BCUT2D eigenvalue weighted by molar-refractivity contribution is 6.53. The van der Waals surface area contributed by atoms with E-state index in [9.17, 15) is 14.4 Å². The summed E-state index contributed by atoms with van der Waals surface area (Å²) in [5.41, 5.74) is 1.90. The first-order valence-electron chi connectivity index (χ1n) is 9.43. The standard InChI is InChI=1S/C22H20Cl2N2O4/c1-3-4-12-30-22(29)14-8-10-15(11-9-14)26-20(27)18(24)19(21(26)28)25-17-7-5-6-16(23)13(17)2/h5-11,25H,3-4,12H2,1-2H3. The SMILES string of the molecule is CCCCOC(=O)c1ccc(N2C(=O)C(Cl)=C(Nc3cccc(Cl)c3C)C2=O)cc1. The molecule has 1 aliphatic heterocycles. The maximum atomic E-state index is 12.9. The average Bonchev–Trinajstić information content (AvgIpc) is 2.94. The van der Waals surface area contributed by atoms with Crippen molar-refractivity contribution in [3.8, 4) is 0 Å². The van der Waals surface area contributed by atoms with Crippen LogP contribution in [0.2, 0.25) is 5.02 Å². The normalized spacial score (nSPS) is 13.8. The first kappa shape index (κ1) is 21.9. The van der Waals surface area contributed by atoms with Gasteiger partial charge in [0.15, 0.2) is 0 Å². The number of unbranched alkanes of at least 4 members (excludes halogenated alkanes) is 1. The number of imide groups is 1. The van der Waals surface area contributed by atoms with Gasteiger partial charge >= 0.3 is 5.97 Å². The van der Waals surface area contributed by atoms with Gasteiger partial charge in [-0.2, -0.15) is 0 Å². The molecule has 1 aliphatic rings. The summed E-state index contributed by atoms with van der Waals surface area (Å²) in [6.07, 6.45) is 1.71. The molecular formula is C22H20Cl2N2O4. The van der Waals surface area contributed by atoms with Gasteiger partial charge in [-0.3, -0.25) is 9.59 Å². The first-order valence-corrected chi connectivity index (χ1v) is 10.2. The van der Waals surface area contributed by atoms with Crippen molar-refractivity contribution in [1.29, 1.82) is 0 Å². The molecule has 2 amide bonds. The van der Waals surface area contributed by atoms with Gasteiger partial charge in [0.1, 0.15) is 10.7 Å². The molecule has 0 unspecified atom stereocenters. The van der Waals surface area contributed by atoms with Gasteiger partial charge in [0.25, 0.3) is 11.8 Å². The lowest BCUT2D eigenvalue weighted by molar-refractivity contribution is -0.120. The quantitative estimate of drug-likeness (QED) is 0.366. The Bertz CT molecular complexity index is 1030. The van der Waals surface area contributed by atoms with Crippen LogP contribution in [0.1, 0.15) is 35.7 Å². The van der Waals surface area contributed by atoms with E-state index in [1.54, 1.807) is 25.1 Å². The number of carbonyl (C=O) groups excluding carboxylic acids is 3. The molecule has 0 bridgehead atoms. The molecule has 1 N–H and O–H groups in total. The number of ether oxygens (including phenoxy) is 1. The van der Waals surface area contributed by atoms with Crippen LogP contribution in [0.25, 0.3) is 0 Å². The molecule has 2 aromatic rings. The minimum absolute atomic E-state index is 0.0323. The van der Waals surface area contributed by atoms with Crippen LogP contribution in [0, 0.1) is 6.92 Å². The average molecular weight is 447 g/mol. The van der Waals surface area contributed by atoms with E-state index in [2.05, 4.69) is 5.32 Å². The summed E-state index contributed by atoms with van der Waals surface area (Å²) in [7, 11) is 0. The van der Waals surface area contributed by atoms with E-state index in [0.29, 0.717) is 28.6 Å². The summed E-state index contributed by atoms with van der Waals surface area (Å²) < 4.78 is 5.16.